The summed E-state index contributed by atoms with van der Waals surface area (Å²) >= 11 is 0. The number of likely N-dealkylation sites (tertiary alicyclic amines) is 1. The van der Waals surface area contributed by atoms with Gasteiger partial charge >= 0.3 is 6.03 Å². The number of benzene rings is 1. The summed E-state index contributed by atoms with van der Waals surface area (Å²) in [7, 11) is 3.10. The van der Waals surface area contributed by atoms with Crippen molar-refractivity contribution in [3.05, 3.63) is 42.3 Å². The van der Waals surface area contributed by atoms with E-state index in [0.717, 1.165) is 0 Å². The Kier molecular flexibility index (Phi) is 5.95. The second-order valence-corrected chi connectivity index (χ2v) is 6.10. The minimum absolute atomic E-state index is 0.0983. The molecule has 1 aromatic carbocycles. The van der Waals surface area contributed by atoms with Crippen LogP contribution in [0, 0.1) is 5.95 Å². The van der Waals surface area contributed by atoms with Gasteiger partial charge in [-0.05, 0) is 18.2 Å². The second kappa shape index (κ2) is 8.57. The molecule has 8 heteroatoms. The maximum atomic E-state index is 13.1. The van der Waals surface area contributed by atoms with Gasteiger partial charge in [-0.1, -0.05) is 6.07 Å². The third-order valence-corrected chi connectivity index (χ3v) is 4.36. The van der Waals surface area contributed by atoms with Gasteiger partial charge in [-0.3, -0.25) is 0 Å². The van der Waals surface area contributed by atoms with Gasteiger partial charge < -0.3 is 24.4 Å². The quantitative estimate of drug-likeness (QED) is 0.812. The number of rotatable bonds is 5. The molecule has 0 unspecified atom stereocenters. The summed E-state index contributed by atoms with van der Waals surface area (Å²) in [6, 6.07) is 9.45. The predicted molar refractivity (Wildman–Crippen MR) is 98.0 cm³/mol. The van der Waals surface area contributed by atoms with E-state index in [2.05, 4.69) is 10.3 Å². The Morgan fingerprint density at radius 2 is 1.96 bits per heavy atom. The summed E-state index contributed by atoms with van der Waals surface area (Å²) in [5.41, 5.74) is 0.575. The van der Waals surface area contributed by atoms with E-state index in [1.54, 1.807) is 42.3 Å². The summed E-state index contributed by atoms with van der Waals surface area (Å²) in [6.45, 7) is 1.06. The number of carbonyl (C=O) groups is 1. The number of urea groups is 1. The van der Waals surface area contributed by atoms with Gasteiger partial charge in [0.05, 0.1) is 19.9 Å². The molecule has 0 bridgehead atoms. The van der Waals surface area contributed by atoms with E-state index in [4.69, 9.17) is 14.2 Å². The number of ether oxygens (including phenoxy) is 3. The number of hydrogen-bond donors (Lipinski definition) is 1. The average Bonchev–Trinajstić information content (AvgIpc) is 2.69. The van der Waals surface area contributed by atoms with Crippen molar-refractivity contribution in [3.63, 3.8) is 0 Å². The number of carbonyl (C=O) groups excluding carboxylic acids is 1. The minimum atomic E-state index is -0.572. The van der Waals surface area contributed by atoms with E-state index in [-0.39, 0.29) is 18.0 Å². The SMILES string of the molecule is COc1ccc(NC(=O)N2CCC(Oc3cccc(F)n3)CC2)c(OC)c1. The Morgan fingerprint density at radius 1 is 1.19 bits per heavy atom. The highest BCUT2D eigenvalue weighted by molar-refractivity contribution is 5.91. The zero-order valence-corrected chi connectivity index (χ0v) is 15.3. The summed E-state index contributed by atoms with van der Waals surface area (Å²) in [6.07, 6.45) is 1.19. The molecule has 0 radical (unpaired) electrons. The van der Waals surface area contributed by atoms with Crippen molar-refractivity contribution < 1.29 is 23.4 Å². The number of methoxy groups -OCH3 is 2. The van der Waals surface area contributed by atoms with Gasteiger partial charge in [0, 0.05) is 38.1 Å². The molecule has 2 heterocycles. The molecule has 1 aromatic heterocycles. The van der Waals surface area contributed by atoms with Crippen LogP contribution in [0.15, 0.2) is 36.4 Å². The van der Waals surface area contributed by atoms with Gasteiger partial charge in [0.15, 0.2) is 0 Å². The van der Waals surface area contributed by atoms with E-state index < -0.39 is 5.95 Å². The van der Waals surface area contributed by atoms with Gasteiger partial charge in [0.25, 0.3) is 0 Å². The topological polar surface area (TPSA) is 72.9 Å². The Balaban J connectivity index is 1.54. The number of nitrogens with one attached hydrogen (secondary N) is 1. The molecule has 1 saturated heterocycles. The first-order valence-electron chi connectivity index (χ1n) is 8.66. The number of piperidine rings is 1. The highest BCUT2D eigenvalue weighted by Crippen LogP contribution is 2.29. The third-order valence-electron chi connectivity index (χ3n) is 4.36. The van der Waals surface area contributed by atoms with Crippen molar-refractivity contribution in [1.29, 1.82) is 0 Å². The van der Waals surface area contributed by atoms with Gasteiger partial charge in [-0.25, -0.2) is 4.79 Å². The smallest absolute Gasteiger partial charge is 0.321 e. The molecule has 0 aliphatic carbocycles. The molecule has 144 valence electrons. The van der Waals surface area contributed by atoms with Crippen LogP contribution in [-0.2, 0) is 0 Å². The molecule has 1 aliphatic rings. The molecule has 27 heavy (non-hydrogen) atoms. The summed E-state index contributed by atoms with van der Waals surface area (Å²) in [4.78, 5) is 17.9. The molecule has 1 fully saturated rings. The normalized spacial score (nSPS) is 14.6. The van der Waals surface area contributed by atoms with Crippen molar-refractivity contribution in [1.82, 2.24) is 9.88 Å². The van der Waals surface area contributed by atoms with E-state index >= 15 is 0 Å². The first kappa shape index (κ1) is 18.8. The van der Waals surface area contributed by atoms with E-state index in [9.17, 15) is 9.18 Å². The Hall–Kier alpha value is -3.03. The molecule has 0 saturated carbocycles. The third kappa shape index (κ3) is 4.78. The zero-order chi connectivity index (χ0) is 19.2. The van der Waals surface area contributed by atoms with Crippen LogP contribution in [0.1, 0.15) is 12.8 Å². The fourth-order valence-corrected chi connectivity index (χ4v) is 2.90. The monoisotopic (exact) mass is 375 g/mol. The summed E-state index contributed by atoms with van der Waals surface area (Å²) < 4.78 is 29.3. The Labute approximate surface area is 157 Å². The molecule has 2 amide bonds. The maximum absolute atomic E-state index is 13.1. The van der Waals surface area contributed by atoms with Gasteiger partial charge in [0.2, 0.25) is 11.8 Å². The second-order valence-electron chi connectivity index (χ2n) is 6.10. The van der Waals surface area contributed by atoms with Crippen molar-refractivity contribution in [2.75, 3.05) is 32.6 Å². The number of halogens is 1. The van der Waals surface area contributed by atoms with Crippen molar-refractivity contribution in [2.45, 2.75) is 18.9 Å². The molecule has 1 N–H and O–H groups in total. The highest BCUT2D eigenvalue weighted by Gasteiger charge is 2.25. The van der Waals surface area contributed by atoms with Crippen LogP contribution in [0.3, 0.4) is 0 Å². The largest absolute Gasteiger partial charge is 0.497 e. The Morgan fingerprint density at radius 3 is 2.63 bits per heavy atom. The first-order chi connectivity index (χ1) is 13.1. The molecule has 7 nitrogen and oxygen atoms in total. The number of amides is 2. The van der Waals surface area contributed by atoms with Gasteiger partial charge in [0.1, 0.15) is 17.6 Å². The number of anilines is 1. The zero-order valence-electron chi connectivity index (χ0n) is 15.3. The van der Waals surface area contributed by atoms with Crippen LogP contribution in [0.2, 0.25) is 0 Å². The number of nitrogens with zero attached hydrogens (tertiary/aromatic N) is 2. The molecule has 3 rings (SSSR count). The van der Waals surface area contributed by atoms with Gasteiger partial charge in [-0.15, -0.1) is 0 Å². The lowest BCUT2D eigenvalue weighted by Crippen LogP contribution is -2.43. The van der Waals surface area contributed by atoms with Crippen LogP contribution >= 0.6 is 0 Å². The molecule has 0 spiro atoms. The van der Waals surface area contributed by atoms with Crippen LogP contribution in [0.4, 0.5) is 14.9 Å². The lowest BCUT2D eigenvalue weighted by molar-refractivity contribution is 0.111. The van der Waals surface area contributed by atoms with Crippen molar-refractivity contribution >= 4 is 11.7 Å². The lowest BCUT2D eigenvalue weighted by atomic mass is 10.1. The maximum Gasteiger partial charge on any atom is 0.321 e. The average molecular weight is 375 g/mol. The Bertz CT molecular complexity index is 794. The number of pyridine rings is 1. The summed E-state index contributed by atoms with van der Waals surface area (Å²) in [5.74, 6) is 0.866. The molecule has 1 aliphatic heterocycles. The minimum Gasteiger partial charge on any atom is -0.497 e. The molecule has 0 atom stereocenters. The fourth-order valence-electron chi connectivity index (χ4n) is 2.90. The van der Waals surface area contributed by atoms with Crippen LogP contribution in [0.25, 0.3) is 0 Å². The van der Waals surface area contributed by atoms with Gasteiger partial charge in [-0.2, -0.15) is 9.37 Å². The van der Waals surface area contributed by atoms with Crippen molar-refractivity contribution in [3.8, 4) is 17.4 Å². The van der Waals surface area contributed by atoms with Crippen LogP contribution in [-0.4, -0.2) is 49.3 Å². The molecular formula is C19H22FN3O4. The van der Waals surface area contributed by atoms with E-state index in [1.807, 2.05) is 0 Å². The summed E-state index contributed by atoms with van der Waals surface area (Å²) in [5, 5.41) is 2.86. The highest BCUT2D eigenvalue weighted by atomic mass is 19.1. The number of aromatic nitrogens is 1. The molecule has 2 aromatic rings. The van der Waals surface area contributed by atoms with Crippen LogP contribution in [0.5, 0.6) is 17.4 Å². The number of hydrogen-bond acceptors (Lipinski definition) is 5. The molecular weight excluding hydrogens is 353 g/mol. The first-order valence-corrected chi connectivity index (χ1v) is 8.66. The van der Waals surface area contributed by atoms with E-state index in [1.165, 1.54) is 13.2 Å². The van der Waals surface area contributed by atoms with Crippen molar-refractivity contribution in [2.24, 2.45) is 0 Å². The lowest BCUT2D eigenvalue weighted by Gasteiger charge is -2.32. The standard InChI is InChI=1S/C19H22FN3O4/c1-25-14-6-7-15(16(12-14)26-2)21-19(24)23-10-8-13(9-11-23)27-18-5-3-4-17(20)22-18/h3-7,12-13H,8-11H2,1-2H3,(H,21,24). The van der Waals surface area contributed by atoms with Crippen LogP contribution < -0.4 is 19.5 Å². The van der Waals surface area contributed by atoms with E-state index in [0.29, 0.717) is 43.1 Å². The predicted octanol–water partition coefficient (Wildman–Crippen LogP) is 3.31. The fraction of sp³-hybridized carbons (Fsp3) is 0.368.